The van der Waals surface area contributed by atoms with Crippen molar-refractivity contribution in [1.29, 1.82) is 0 Å². The number of carbonyl (C=O) groups is 1. The van der Waals surface area contributed by atoms with Gasteiger partial charge < -0.3 is 10.1 Å². The molecule has 0 aliphatic rings. The molecule has 0 bridgehead atoms. The van der Waals surface area contributed by atoms with Gasteiger partial charge in [-0.05, 0) is 18.8 Å². The van der Waals surface area contributed by atoms with Gasteiger partial charge in [0.1, 0.15) is 6.10 Å². The maximum absolute atomic E-state index is 11.7. The zero-order valence-electron chi connectivity index (χ0n) is 10.3. The molecule has 0 heterocycles. The predicted octanol–water partition coefficient (Wildman–Crippen LogP) is 2.13. The molecule has 0 aromatic carbocycles. The molecule has 0 rings (SSSR count). The van der Waals surface area contributed by atoms with Crippen LogP contribution in [0.2, 0.25) is 0 Å². The fourth-order valence-electron chi connectivity index (χ4n) is 1.26. The molecular formula is C12H23NO2. The van der Waals surface area contributed by atoms with Gasteiger partial charge in [-0.2, -0.15) is 0 Å². The van der Waals surface area contributed by atoms with Gasteiger partial charge in [-0.25, -0.2) is 0 Å². The molecule has 1 amide bonds. The van der Waals surface area contributed by atoms with Gasteiger partial charge in [0.15, 0.2) is 0 Å². The van der Waals surface area contributed by atoms with Crippen LogP contribution in [0.4, 0.5) is 0 Å². The van der Waals surface area contributed by atoms with Crippen molar-refractivity contribution in [1.82, 2.24) is 5.32 Å². The maximum Gasteiger partial charge on any atom is 0.249 e. The summed E-state index contributed by atoms with van der Waals surface area (Å²) in [6.45, 7) is 12.8. The second kappa shape index (κ2) is 6.62. The first-order valence-electron chi connectivity index (χ1n) is 5.41. The molecule has 0 radical (unpaired) electrons. The van der Waals surface area contributed by atoms with Crippen molar-refractivity contribution in [3.05, 3.63) is 12.7 Å². The first-order valence-corrected chi connectivity index (χ1v) is 5.41. The predicted molar refractivity (Wildman–Crippen MR) is 62.7 cm³/mol. The summed E-state index contributed by atoms with van der Waals surface area (Å²) in [6.07, 6.45) is 2.00. The summed E-state index contributed by atoms with van der Waals surface area (Å²) in [6, 6.07) is 0. The van der Waals surface area contributed by atoms with Crippen LogP contribution in [0, 0.1) is 5.41 Å². The van der Waals surface area contributed by atoms with Crippen molar-refractivity contribution in [2.24, 2.45) is 5.41 Å². The molecule has 0 aliphatic carbocycles. The van der Waals surface area contributed by atoms with E-state index in [-0.39, 0.29) is 17.4 Å². The van der Waals surface area contributed by atoms with Crippen LogP contribution in [0.1, 0.15) is 34.1 Å². The highest BCUT2D eigenvalue weighted by Crippen LogP contribution is 2.22. The summed E-state index contributed by atoms with van der Waals surface area (Å²) in [5, 5.41) is 2.78. The Labute approximate surface area is 92.9 Å². The van der Waals surface area contributed by atoms with Crippen LogP contribution in [-0.2, 0) is 9.53 Å². The standard InChI is InChI=1S/C12H23NO2/c1-6-8-15-10(9-12(3,4)5)11(14)13-7-2/h6,10H,1,7-9H2,2-5H3,(H,13,14). The average molecular weight is 213 g/mol. The van der Waals surface area contributed by atoms with E-state index in [0.717, 1.165) is 0 Å². The number of carbonyl (C=O) groups excluding carboxylic acids is 1. The van der Waals surface area contributed by atoms with Gasteiger partial charge in [-0.3, -0.25) is 4.79 Å². The van der Waals surface area contributed by atoms with Gasteiger partial charge in [0.05, 0.1) is 6.61 Å². The molecule has 0 aliphatic heterocycles. The molecule has 0 spiro atoms. The van der Waals surface area contributed by atoms with Gasteiger partial charge in [0, 0.05) is 6.54 Å². The van der Waals surface area contributed by atoms with Gasteiger partial charge in [0.2, 0.25) is 5.91 Å². The van der Waals surface area contributed by atoms with Crippen LogP contribution < -0.4 is 5.32 Å². The van der Waals surface area contributed by atoms with Crippen LogP contribution in [-0.4, -0.2) is 25.2 Å². The Morgan fingerprint density at radius 2 is 2.13 bits per heavy atom. The second-order valence-corrected chi connectivity index (χ2v) is 4.77. The molecule has 0 saturated carbocycles. The number of rotatable bonds is 6. The van der Waals surface area contributed by atoms with E-state index in [2.05, 4.69) is 32.7 Å². The van der Waals surface area contributed by atoms with Crippen LogP contribution in [0.15, 0.2) is 12.7 Å². The fraction of sp³-hybridized carbons (Fsp3) is 0.750. The minimum absolute atomic E-state index is 0.0331. The highest BCUT2D eigenvalue weighted by atomic mass is 16.5. The number of likely N-dealkylation sites (N-methyl/N-ethyl adjacent to an activating group) is 1. The number of nitrogens with one attached hydrogen (secondary N) is 1. The minimum atomic E-state index is -0.372. The minimum Gasteiger partial charge on any atom is -0.364 e. The Kier molecular flexibility index (Phi) is 6.25. The summed E-state index contributed by atoms with van der Waals surface area (Å²) in [5.41, 5.74) is 0.0803. The molecule has 0 aromatic heterocycles. The van der Waals surface area contributed by atoms with E-state index in [4.69, 9.17) is 4.74 Å². The van der Waals surface area contributed by atoms with E-state index >= 15 is 0 Å². The van der Waals surface area contributed by atoms with E-state index in [1.165, 1.54) is 0 Å². The lowest BCUT2D eigenvalue weighted by Gasteiger charge is -2.24. The monoisotopic (exact) mass is 213 g/mol. The third-order valence-corrected chi connectivity index (χ3v) is 1.86. The highest BCUT2D eigenvalue weighted by Gasteiger charge is 2.24. The van der Waals surface area contributed by atoms with E-state index in [1.807, 2.05) is 6.92 Å². The molecule has 0 saturated heterocycles. The first-order chi connectivity index (χ1) is 6.90. The molecule has 3 heteroatoms. The van der Waals surface area contributed by atoms with Crippen LogP contribution in [0.25, 0.3) is 0 Å². The van der Waals surface area contributed by atoms with Crippen molar-refractivity contribution < 1.29 is 9.53 Å². The van der Waals surface area contributed by atoms with E-state index < -0.39 is 0 Å². The highest BCUT2D eigenvalue weighted by molar-refractivity contribution is 5.80. The summed E-state index contributed by atoms with van der Waals surface area (Å²) in [5.74, 6) is -0.0331. The molecular weight excluding hydrogens is 190 g/mol. The molecule has 1 unspecified atom stereocenters. The number of amides is 1. The summed E-state index contributed by atoms with van der Waals surface area (Å²) < 4.78 is 5.45. The maximum atomic E-state index is 11.7. The normalized spacial score (nSPS) is 13.3. The summed E-state index contributed by atoms with van der Waals surface area (Å²) in [7, 11) is 0. The van der Waals surface area contributed by atoms with Gasteiger partial charge in [0.25, 0.3) is 0 Å². The third kappa shape index (κ3) is 7.14. The molecule has 88 valence electrons. The molecule has 1 atom stereocenters. The summed E-state index contributed by atoms with van der Waals surface area (Å²) in [4.78, 5) is 11.7. The SMILES string of the molecule is C=CCOC(CC(C)(C)C)C(=O)NCC. The molecule has 3 nitrogen and oxygen atoms in total. The van der Waals surface area contributed by atoms with Crippen LogP contribution in [0.5, 0.6) is 0 Å². The van der Waals surface area contributed by atoms with E-state index in [0.29, 0.717) is 19.6 Å². The van der Waals surface area contributed by atoms with Crippen molar-refractivity contribution in [2.45, 2.75) is 40.2 Å². The lowest BCUT2D eigenvalue weighted by atomic mass is 9.89. The van der Waals surface area contributed by atoms with Crippen molar-refractivity contribution in [2.75, 3.05) is 13.2 Å². The molecule has 1 N–H and O–H groups in total. The van der Waals surface area contributed by atoms with Gasteiger partial charge in [-0.1, -0.05) is 26.8 Å². The van der Waals surface area contributed by atoms with Crippen molar-refractivity contribution in [3.8, 4) is 0 Å². The largest absolute Gasteiger partial charge is 0.364 e. The van der Waals surface area contributed by atoms with Gasteiger partial charge in [-0.15, -0.1) is 6.58 Å². The Morgan fingerprint density at radius 3 is 2.53 bits per heavy atom. The van der Waals surface area contributed by atoms with Crippen molar-refractivity contribution >= 4 is 5.91 Å². The average Bonchev–Trinajstić information content (AvgIpc) is 2.10. The lowest BCUT2D eigenvalue weighted by Crippen LogP contribution is -2.38. The van der Waals surface area contributed by atoms with Crippen LogP contribution in [0.3, 0.4) is 0 Å². The Morgan fingerprint density at radius 1 is 1.53 bits per heavy atom. The third-order valence-electron chi connectivity index (χ3n) is 1.86. The molecule has 0 fully saturated rings. The van der Waals surface area contributed by atoms with E-state index in [1.54, 1.807) is 6.08 Å². The Bertz CT molecular complexity index is 206. The fourth-order valence-corrected chi connectivity index (χ4v) is 1.26. The van der Waals surface area contributed by atoms with Crippen molar-refractivity contribution in [3.63, 3.8) is 0 Å². The Hall–Kier alpha value is -0.830. The Balaban J connectivity index is 4.29. The second-order valence-electron chi connectivity index (χ2n) is 4.77. The summed E-state index contributed by atoms with van der Waals surface area (Å²) >= 11 is 0. The lowest BCUT2D eigenvalue weighted by molar-refractivity contribution is -0.133. The van der Waals surface area contributed by atoms with Gasteiger partial charge >= 0.3 is 0 Å². The zero-order chi connectivity index (χ0) is 11.9. The molecule has 15 heavy (non-hydrogen) atoms. The smallest absolute Gasteiger partial charge is 0.249 e. The number of hydrogen-bond donors (Lipinski definition) is 1. The molecule has 0 aromatic rings. The topological polar surface area (TPSA) is 38.3 Å². The zero-order valence-corrected chi connectivity index (χ0v) is 10.3. The quantitative estimate of drug-likeness (QED) is 0.686. The number of ether oxygens (including phenoxy) is 1. The number of hydrogen-bond acceptors (Lipinski definition) is 2. The van der Waals surface area contributed by atoms with E-state index in [9.17, 15) is 4.79 Å². The van der Waals surface area contributed by atoms with Crippen LogP contribution >= 0.6 is 0 Å². The first kappa shape index (κ1) is 14.2.